The molecule has 0 spiro atoms. The second kappa shape index (κ2) is 8.99. The van der Waals surface area contributed by atoms with Gasteiger partial charge in [0.15, 0.2) is 0 Å². The lowest BCUT2D eigenvalue weighted by Gasteiger charge is -2.30. The first kappa shape index (κ1) is 21.7. The van der Waals surface area contributed by atoms with Crippen molar-refractivity contribution in [3.63, 3.8) is 0 Å². The minimum absolute atomic E-state index is 0.0138. The van der Waals surface area contributed by atoms with Crippen molar-refractivity contribution in [3.05, 3.63) is 83.4 Å². The van der Waals surface area contributed by atoms with Gasteiger partial charge in [-0.3, -0.25) is 19.3 Å². The summed E-state index contributed by atoms with van der Waals surface area (Å²) in [6.45, 7) is 7.64. The summed E-state index contributed by atoms with van der Waals surface area (Å²) in [5, 5.41) is 5.46. The molecule has 0 saturated heterocycles. The molecule has 5 rings (SSSR count). The maximum atomic E-state index is 13.4. The number of amides is 1. The Bertz CT molecular complexity index is 1240. The average molecular weight is 441 g/mol. The third-order valence-corrected chi connectivity index (χ3v) is 6.99. The van der Waals surface area contributed by atoms with E-state index in [2.05, 4.69) is 66.3 Å². The first-order valence-electron chi connectivity index (χ1n) is 12.0. The summed E-state index contributed by atoms with van der Waals surface area (Å²) in [6, 6.07) is 6.35. The van der Waals surface area contributed by atoms with Crippen LogP contribution in [0.4, 0.5) is 0 Å². The van der Waals surface area contributed by atoms with Gasteiger partial charge in [0.25, 0.3) is 5.91 Å². The van der Waals surface area contributed by atoms with E-state index in [1.54, 1.807) is 0 Å². The average Bonchev–Trinajstić information content (AvgIpc) is 3.20. The van der Waals surface area contributed by atoms with Gasteiger partial charge >= 0.3 is 0 Å². The molecule has 1 aromatic carbocycles. The summed E-state index contributed by atoms with van der Waals surface area (Å²) in [6.07, 6.45) is 17.6. The van der Waals surface area contributed by atoms with E-state index in [0.717, 1.165) is 65.8 Å². The van der Waals surface area contributed by atoms with Gasteiger partial charge in [-0.2, -0.15) is 5.10 Å². The van der Waals surface area contributed by atoms with E-state index in [1.807, 2.05) is 35.1 Å². The molecule has 1 aromatic heterocycles. The van der Waals surface area contributed by atoms with Gasteiger partial charge in [-0.1, -0.05) is 38.1 Å². The number of benzene rings is 1. The van der Waals surface area contributed by atoms with Crippen LogP contribution < -0.4 is 0 Å². The van der Waals surface area contributed by atoms with Crippen molar-refractivity contribution < 1.29 is 4.79 Å². The summed E-state index contributed by atoms with van der Waals surface area (Å²) in [5.74, 6) is 0.266. The van der Waals surface area contributed by atoms with Crippen molar-refractivity contribution in [1.29, 1.82) is 0 Å². The van der Waals surface area contributed by atoms with Crippen LogP contribution in [0, 0.1) is 5.92 Å². The van der Waals surface area contributed by atoms with Crippen molar-refractivity contribution in [1.82, 2.24) is 19.6 Å². The van der Waals surface area contributed by atoms with Crippen LogP contribution in [0.2, 0.25) is 0 Å². The summed E-state index contributed by atoms with van der Waals surface area (Å²) in [4.78, 5) is 17.8. The molecule has 3 aliphatic rings. The van der Waals surface area contributed by atoms with Gasteiger partial charge in [0.05, 0.1) is 11.7 Å². The smallest absolute Gasteiger partial charge is 0.255 e. The number of rotatable bonds is 4. The first-order chi connectivity index (χ1) is 16.0. The Kier molecular flexibility index (Phi) is 5.90. The maximum Gasteiger partial charge on any atom is 0.255 e. The standard InChI is InChI=1S/C28H32N4O/c1-4-13-31-14-11-21(12-15-31)23-6-9-25-8-5-20(2)26(17-28(33)32(25)19-23)22-7-10-27-24(16-22)18-29-30(27)3/h6-11,16-20H,4-5,12-15H2,1-3H3. The summed E-state index contributed by atoms with van der Waals surface area (Å²) in [7, 11) is 1.95. The number of hydrogen-bond donors (Lipinski definition) is 0. The molecule has 0 aliphatic carbocycles. The predicted octanol–water partition coefficient (Wildman–Crippen LogP) is 5.20. The third-order valence-electron chi connectivity index (χ3n) is 6.99. The van der Waals surface area contributed by atoms with Crippen LogP contribution >= 0.6 is 0 Å². The Morgan fingerprint density at radius 1 is 1.18 bits per heavy atom. The van der Waals surface area contributed by atoms with Crippen LogP contribution in [-0.4, -0.2) is 45.1 Å². The number of fused-ring (bicyclic) bond motifs is 2. The fraction of sp³-hybridized carbons (Fsp3) is 0.357. The second-order valence-corrected chi connectivity index (χ2v) is 9.31. The van der Waals surface area contributed by atoms with E-state index in [-0.39, 0.29) is 11.8 Å². The highest BCUT2D eigenvalue weighted by atomic mass is 16.2. The topological polar surface area (TPSA) is 41.4 Å². The van der Waals surface area contributed by atoms with Crippen molar-refractivity contribution in [2.75, 3.05) is 19.6 Å². The van der Waals surface area contributed by atoms with Crippen molar-refractivity contribution >= 4 is 22.4 Å². The monoisotopic (exact) mass is 440 g/mol. The van der Waals surface area contributed by atoms with Gasteiger partial charge in [0.1, 0.15) is 0 Å². The zero-order chi connectivity index (χ0) is 22.9. The Balaban J connectivity index is 1.44. The zero-order valence-electron chi connectivity index (χ0n) is 19.8. The van der Waals surface area contributed by atoms with Crippen LogP contribution in [0.25, 0.3) is 16.5 Å². The van der Waals surface area contributed by atoms with Crippen LogP contribution in [0.15, 0.2) is 77.8 Å². The molecular formula is C28H32N4O. The molecule has 170 valence electrons. The van der Waals surface area contributed by atoms with Crippen molar-refractivity contribution in [3.8, 4) is 0 Å². The minimum atomic E-state index is 0.0138. The van der Waals surface area contributed by atoms with E-state index in [1.165, 1.54) is 12.0 Å². The molecule has 1 amide bonds. The predicted molar refractivity (Wildman–Crippen MR) is 134 cm³/mol. The Morgan fingerprint density at radius 3 is 2.85 bits per heavy atom. The Morgan fingerprint density at radius 2 is 2.06 bits per heavy atom. The molecule has 0 saturated carbocycles. The van der Waals surface area contributed by atoms with Crippen LogP contribution in [-0.2, 0) is 11.8 Å². The van der Waals surface area contributed by atoms with Gasteiger partial charge in [-0.05, 0) is 72.2 Å². The molecule has 3 aliphatic heterocycles. The number of hydrogen-bond acceptors (Lipinski definition) is 3. The van der Waals surface area contributed by atoms with Gasteiger partial charge in [0.2, 0.25) is 0 Å². The Labute approximate surface area is 196 Å². The minimum Gasteiger partial charge on any atom is -0.299 e. The fourth-order valence-corrected chi connectivity index (χ4v) is 5.03. The molecule has 0 N–H and O–H groups in total. The lowest BCUT2D eigenvalue weighted by atomic mass is 9.88. The SMILES string of the molecule is CCCN1CC=C(C2=CN3C(=O)C=C(c4ccc5c(cnn5C)c4)C(C)CC=C3C=C2)CC1. The highest BCUT2D eigenvalue weighted by Crippen LogP contribution is 2.33. The molecule has 0 fully saturated rings. The lowest BCUT2D eigenvalue weighted by molar-refractivity contribution is -0.122. The highest BCUT2D eigenvalue weighted by molar-refractivity contribution is 5.99. The molecule has 1 unspecified atom stereocenters. The van der Waals surface area contributed by atoms with E-state index >= 15 is 0 Å². The quantitative estimate of drug-likeness (QED) is 0.656. The van der Waals surface area contributed by atoms with Gasteiger partial charge < -0.3 is 0 Å². The largest absolute Gasteiger partial charge is 0.299 e. The van der Waals surface area contributed by atoms with Crippen LogP contribution in [0.1, 0.15) is 38.7 Å². The van der Waals surface area contributed by atoms with Gasteiger partial charge in [-0.15, -0.1) is 0 Å². The molecular weight excluding hydrogens is 408 g/mol. The Hall–Kier alpha value is -3.18. The number of nitrogens with zero attached hydrogens (tertiary/aromatic N) is 4. The molecule has 33 heavy (non-hydrogen) atoms. The number of carbonyl (C=O) groups excluding carboxylic acids is 1. The maximum absolute atomic E-state index is 13.4. The molecule has 4 heterocycles. The molecule has 5 heteroatoms. The van der Waals surface area contributed by atoms with E-state index in [9.17, 15) is 4.79 Å². The first-order valence-corrected chi connectivity index (χ1v) is 12.0. The zero-order valence-corrected chi connectivity index (χ0v) is 19.8. The van der Waals surface area contributed by atoms with Gasteiger partial charge in [-0.25, -0.2) is 0 Å². The second-order valence-electron chi connectivity index (χ2n) is 9.31. The summed E-state index contributed by atoms with van der Waals surface area (Å²) < 4.78 is 1.88. The van der Waals surface area contributed by atoms with Crippen LogP contribution in [0.3, 0.4) is 0 Å². The lowest BCUT2D eigenvalue weighted by Crippen LogP contribution is -2.31. The summed E-state index contributed by atoms with van der Waals surface area (Å²) in [5.41, 5.74) is 6.73. The van der Waals surface area contributed by atoms with E-state index in [4.69, 9.17) is 0 Å². The molecule has 0 radical (unpaired) electrons. The highest BCUT2D eigenvalue weighted by Gasteiger charge is 2.24. The van der Waals surface area contributed by atoms with E-state index < -0.39 is 0 Å². The molecule has 5 nitrogen and oxygen atoms in total. The molecule has 2 aromatic rings. The summed E-state index contributed by atoms with van der Waals surface area (Å²) >= 11 is 0. The van der Waals surface area contributed by atoms with Crippen molar-refractivity contribution in [2.24, 2.45) is 13.0 Å². The van der Waals surface area contributed by atoms with Gasteiger partial charge in [0, 0.05) is 43.5 Å². The third kappa shape index (κ3) is 4.25. The number of allylic oxidation sites excluding steroid dienone is 5. The van der Waals surface area contributed by atoms with E-state index in [0.29, 0.717) is 0 Å². The number of carbonyl (C=O) groups is 1. The number of aromatic nitrogens is 2. The van der Waals surface area contributed by atoms with Crippen molar-refractivity contribution in [2.45, 2.75) is 33.1 Å². The molecule has 1 atom stereocenters. The fourth-order valence-electron chi connectivity index (χ4n) is 5.03. The normalized spacial score (nSPS) is 21.7. The van der Waals surface area contributed by atoms with Crippen LogP contribution in [0.5, 0.6) is 0 Å². The molecule has 0 bridgehead atoms. The number of aryl methyl sites for hydroxylation is 1.